The topological polar surface area (TPSA) is 55.4 Å². The van der Waals surface area contributed by atoms with Gasteiger partial charge in [0.15, 0.2) is 9.84 Å². The van der Waals surface area contributed by atoms with Crippen LogP contribution >= 0.6 is 0 Å². The minimum absolute atomic E-state index is 0.0854. The smallest absolute Gasteiger partial charge is 0.175 e. The van der Waals surface area contributed by atoms with Gasteiger partial charge in [-0.2, -0.15) is 0 Å². The molecule has 1 N–H and O–H groups in total. The summed E-state index contributed by atoms with van der Waals surface area (Å²) in [5.74, 6) is 0.937. The van der Waals surface area contributed by atoms with Crippen LogP contribution in [0, 0.1) is 0 Å². The van der Waals surface area contributed by atoms with Crippen LogP contribution in [0.5, 0.6) is 5.75 Å². The van der Waals surface area contributed by atoms with Gasteiger partial charge in [-0.05, 0) is 43.2 Å². The first-order valence-corrected chi connectivity index (χ1v) is 10.0. The van der Waals surface area contributed by atoms with Crippen molar-refractivity contribution in [1.82, 2.24) is 0 Å². The molecule has 1 aliphatic rings. The van der Waals surface area contributed by atoms with Crippen LogP contribution in [0.25, 0.3) is 0 Å². The van der Waals surface area contributed by atoms with Crippen LogP contribution in [-0.2, 0) is 15.3 Å². The molecule has 0 atom stereocenters. The Hall–Kier alpha value is -2.01. The van der Waals surface area contributed by atoms with Gasteiger partial charge in [0.05, 0.1) is 12.0 Å². The number of sulfone groups is 1. The second-order valence-electron chi connectivity index (χ2n) is 6.48. The van der Waals surface area contributed by atoms with Crippen LogP contribution < -0.4 is 10.1 Å². The second-order valence-corrected chi connectivity index (χ2v) is 8.50. The summed E-state index contributed by atoms with van der Waals surface area (Å²) in [7, 11) is -1.44. The molecule has 0 radical (unpaired) electrons. The maximum Gasteiger partial charge on any atom is 0.175 e. The van der Waals surface area contributed by atoms with Gasteiger partial charge in [-0.25, -0.2) is 8.42 Å². The Kier molecular flexibility index (Phi) is 4.54. The number of nitrogens with one attached hydrogen (secondary N) is 1. The molecule has 0 aromatic heterocycles. The number of rotatable bonds is 6. The van der Waals surface area contributed by atoms with Gasteiger partial charge in [0.25, 0.3) is 0 Å². The average molecular weight is 345 g/mol. The quantitative estimate of drug-likeness (QED) is 0.868. The fourth-order valence-corrected chi connectivity index (χ4v) is 3.95. The Morgan fingerprint density at radius 2 is 1.75 bits per heavy atom. The van der Waals surface area contributed by atoms with E-state index in [0.717, 1.165) is 30.8 Å². The van der Waals surface area contributed by atoms with E-state index in [2.05, 4.69) is 17.4 Å². The lowest BCUT2D eigenvalue weighted by Crippen LogP contribution is -2.41. The molecular formula is C19H23NO3S. The number of methoxy groups -OCH3 is 1. The Balaban J connectivity index is 1.77. The molecule has 0 amide bonds. The van der Waals surface area contributed by atoms with Crippen molar-refractivity contribution in [2.45, 2.75) is 29.6 Å². The second kappa shape index (κ2) is 6.48. The number of hydrogen-bond acceptors (Lipinski definition) is 4. The van der Waals surface area contributed by atoms with E-state index in [1.54, 1.807) is 19.2 Å². The van der Waals surface area contributed by atoms with E-state index in [1.807, 2.05) is 24.3 Å². The summed E-state index contributed by atoms with van der Waals surface area (Å²) in [6, 6.07) is 15.1. The highest BCUT2D eigenvalue weighted by Crippen LogP contribution is 2.47. The standard InChI is InChI=1S/C19H23NO3S/c1-23-18-7-4-3-6-17(18)19(12-5-13-19)14-20-15-8-10-16(11-9-15)24(2,21)22/h3-4,6-11,20H,5,12-14H2,1-2H3. The molecule has 1 fully saturated rings. The predicted molar refractivity (Wildman–Crippen MR) is 96.6 cm³/mol. The van der Waals surface area contributed by atoms with Gasteiger partial charge in [0.2, 0.25) is 0 Å². The van der Waals surface area contributed by atoms with Crippen LogP contribution in [0.15, 0.2) is 53.4 Å². The summed E-state index contributed by atoms with van der Waals surface area (Å²) in [5, 5.41) is 3.47. The average Bonchev–Trinajstić information content (AvgIpc) is 2.54. The summed E-state index contributed by atoms with van der Waals surface area (Å²) in [5.41, 5.74) is 2.27. The number of anilines is 1. The Labute approximate surface area is 143 Å². The predicted octanol–water partition coefficient (Wildman–Crippen LogP) is 3.63. The lowest BCUT2D eigenvalue weighted by Gasteiger charge is -2.43. The zero-order valence-corrected chi connectivity index (χ0v) is 14.9. The van der Waals surface area contributed by atoms with Gasteiger partial charge in [-0.15, -0.1) is 0 Å². The molecule has 2 aromatic rings. The molecule has 0 heterocycles. The van der Waals surface area contributed by atoms with Gasteiger partial charge in [-0.3, -0.25) is 0 Å². The summed E-state index contributed by atoms with van der Waals surface area (Å²) in [6.07, 6.45) is 4.69. The van der Waals surface area contributed by atoms with E-state index in [-0.39, 0.29) is 5.41 Å². The van der Waals surface area contributed by atoms with E-state index >= 15 is 0 Å². The van der Waals surface area contributed by atoms with Crippen LogP contribution in [0.4, 0.5) is 5.69 Å². The number of para-hydroxylation sites is 1. The van der Waals surface area contributed by atoms with E-state index < -0.39 is 9.84 Å². The summed E-state index contributed by atoms with van der Waals surface area (Å²) in [6.45, 7) is 0.811. The Morgan fingerprint density at radius 1 is 1.08 bits per heavy atom. The number of ether oxygens (including phenoxy) is 1. The molecule has 5 heteroatoms. The van der Waals surface area contributed by atoms with Crippen molar-refractivity contribution < 1.29 is 13.2 Å². The first-order valence-electron chi connectivity index (χ1n) is 8.12. The summed E-state index contributed by atoms with van der Waals surface area (Å²) >= 11 is 0. The van der Waals surface area contributed by atoms with Crippen molar-refractivity contribution in [1.29, 1.82) is 0 Å². The van der Waals surface area contributed by atoms with Crippen molar-refractivity contribution in [3.63, 3.8) is 0 Å². The van der Waals surface area contributed by atoms with Crippen molar-refractivity contribution in [2.24, 2.45) is 0 Å². The van der Waals surface area contributed by atoms with Gasteiger partial charge >= 0.3 is 0 Å². The molecule has 3 rings (SSSR count). The molecule has 0 bridgehead atoms. The molecule has 2 aromatic carbocycles. The molecule has 0 saturated heterocycles. The van der Waals surface area contributed by atoms with Crippen LogP contribution in [-0.4, -0.2) is 28.3 Å². The van der Waals surface area contributed by atoms with Crippen LogP contribution in [0.2, 0.25) is 0 Å². The van der Waals surface area contributed by atoms with Crippen LogP contribution in [0.3, 0.4) is 0 Å². The highest BCUT2D eigenvalue weighted by atomic mass is 32.2. The minimum Gasteiger partial charge on any atom is -0.496 e. The number of benzene rings is 2. The maximum atomic E-state index is 11.5. The third-order valence-corrected chi connectivity index (χ3v) is 6.03. The monoisotopic (exact) mass is 345 g/mol. The third-order valence-electron chi connectivity index (χ3n) is 4.90. The summed E-state index contributed by atoms with van der Waals surface area (Å²) < 4.78 is 28.6. The van der Waals surface area contributed by atoms with E-state index in [0.29, 0.717) is 4.90 Å². The lowest BCUT2D eigenvalue weighted by atomic mass is 9.64. The van der Waals surface area contributed by atoms with Gasteiger partial charge in [0, 0.05) is 29.5 Å². The van der Waals surface area contributed by atoms with Gasteiger partial charge in [-0.1, -0.05) is 24.6 Å². The molecule has 0 unspecified atom stereocenters. The molecule has 1 aliphatic carbocycles. The zero-order chi connectivity index (χ0) is 17.2. The van der Waals surface area contributed by atoms with Crippen molar-refractivity contribution in [3.05, 3.63) is 54.1 Å². The van der Waals surface area contributed by atoms with Crippen molar-refractivity contribution >= 4 is 15.5 Å². The molecular weight excluding hydrogens is 322 g/mol. The molecule has 1 saturated carbocycles. The SMILES string of the molecule is COc1ccccc1C1(CNc2ccc(S(C)(=O)=O)cc2)CCC1. The lowest BCUT2D eigenvalue weighted by molar-refractivity contribution is 0.250. The Bertz CT molecular complexity index is 809. The van der Waals surface area contributed by atoms with E-state index in [4.69, 9.17) is 4.74 Å². The zero-order valence-electron chi connectivity index (χ0n) is 14.1. The number of hydrogen-bond donors (Lipinski definition) is 1. The highest BCUT2D eigenvalue weighted by molar-refractivity contribution is 7.90. The first-order chi connectivity index (χ1) is 11.4. The largest absolute Gasteiger partial charge is 0.496 e. The van der Waals surface area contributed by atoms with E-state index in [9.17, 15) is 8.42 Å². The van der Waals surface area contributed by atoms with Crippen molar-refractivity contribution in [3.8, 4) is 5.75 Å². The molecule has 128 valence electrons. The Morgan fingerprint density at radius 3 is 2.29 bits per heavy atom. The van der Waals surface area contributed by atoms with Gasteiger partial charge in [0.1, 0.15) is 5.75 Å². The maximum absolute atomic E-state index is 11.5. The first kappa shape index (κ1) is 16.8. The van der Waals surface area contributed by atoms with Gasteiger partial charge < -0.3 is 10.1 Å². The molecule has 0 spiro atoms. The molecule has 24 heavy (non-hydrogen) atoms. The summed E-state index contributed by atoms with van der Waals surface area (Å²) in [4.78, 5) is 0.344. The van der Waals surface area contributed by atoms with E-state index in [1.165, 1.54) is 18.2 Å². The minimum atomic E-state index is -3.15. The third kappa shape index (κ3) is 3.26. The molecule has 0 aliphatic heterocycles. The normalized spacial score (nSPS) is 16.2. The molecule has 4 nitrogen and oxygen atoms in total. The van der Waals surface area contributed by atoms with Crippen LogP contribution in [0.1, 0.15) is 24.8 Å². The van der Waals surface area contributed by atoms with Crippen molar-refractivity contribution in [2.75, 3.05) is 25.2 Å². The highest BCUT2D eigenvalue weighted by Gasteiger charge is 2.40. The fourth-order valence-electron chi connectivity index (χ4n) is 3.32. The fraction of sp³-hybridized carbons (Fsp3) is 0.368.